The quantitative estimate of drug-likeness (QED) is 0.503. The smallest absolute Gasteiger partial charge is 0.267 e. The minimum atomic E-state index is -1.16. The number of nitrogens with zero attached hydrogens (tertiary/aromatic N) is 2. The third-order valence-electron chi connectivity index (χ3n) is 4.16. The van der Waals surface area contributed by atoms with Crippen LogP contribution in [-0.2, 0) is 4.74 Å². The number of halogens is 1. The molecule has 3 aromatic rings. The Morgan fingerprint density at radius 2 is 1.71 bits per heavy atom. The van der Waals surface area contributed by atoms with Gasteiger partial charge < -0.3 is 25.1 Å². The molecule has 1 amide bonds. The molecule has 0 aliphatic rings. The number of primary amides is 1. The molecule has 31 heavy (non-hydrogen) atoms. The number of carbonyl (C=O) groups is 1. The fourth-order valence-corrected chi connectivity index (χ4v) is 2.61. The molecular weight excluding hydrogens is 405 g/mol. The van der Waals surface area contributed by atoms with Crippen molar-refractivity contribution in [3.63, 3.8) is 0 Å². The number of aromatic nitrogens is 2. The molecule has 3 N–H and O–H groups in total. The molecule has 0 spiro atoms. The maximum atomic E-state index is 13.0. The van der Waals surface area contributed by atoms with Gasteiger partial charge in [-0.25, -0.2) is 9.37 Å². The monoisotopic (exact) mass is 427 g/mol. The summed E-state index contributed by atoms with van der Waals surface area (Å²) < 4.78 is 29.4. The lowest BCUT2D eigenvalue weighted by atomic mass is 10.2. The van der Waals surface area contributed by atoms with Crippen molar-refractivity contribution in [1.29, 1.82) is 0 Å². The number of carbonyl (C=O) groups excluding carboxylic acids is 1. The summed E-state index contributed by atoms with van der Waals surface area (Å²) in [5.74, 6) is 0.178. The second-order valence-electron chi connectivity index (χ2n) is 6.53. The molecule has 2 unspecified atom stereocenters. The highest BCUT2D eigenvalue weighted by molar-refractivity contribution is 5.91. The molecule has 3 rings (SSSR count). The first kappa shape index (κ1) is 22.1. The zero-order chi connectivity index (χ0) is 22.4. The number of benzene rings is 2. The predicted molar refractivity (Wildman–Crippen MR) is 110 cm³/mol. The zero-order valence-corrected chi connectivity index (χ0v) is 17.0. The lowest BCUT2D eigenvalue weighted by molar-refractivity contribution is -0.146. The van der Waals surface area contributed by atoms with Crippen molar-refractivity contribution in [2.24, 2.45) is 5.73 Å². The average molecular weight is 427 g/mol. The van der Waals surface area contributed by atoms with Gasteiger partial charge in [-0.05, 0) is 62.4 Å². The first-order valence-corrected chi connectivity index (χ1v) is 9.54. The van der Waals surface area contributed by atoms with Crippen LogP contribution < -0.4 is 15.2 Å². The van der Waals surface area contributed by atoms with Crippen LogP contribution in [0.1, 0.15) is 24.3 Å². The Labute approximate surface area is 178 Å². The summed E-state index contributed by atoms with van der Waals surface area (Å²) in [6.45, 7) is 3.66. The fraction of sp³-hybridized carbons (Fsp3) is 0.227. The lowest BCUT2D eigenvalue weighted by Gasteiger charge is -2.20. The Bertz CT molecular complexity index is 1030. The molecule has 0 saturated heterocycles. The van der Waals surface area contributed by atoms with Gasteiger partial charge in [-0.2, -0.15) is 4.98 Å². The third-order valence-corrected chi connectivity index (χ3v) is 4.16. The van der Waals surface area contributed by atoms with Gasteiger partial charge in [0.05, 0.1) is 0 Å². The number of ether oxygens (including phenoxy) is 3. The summed E-state index contributed by atoms with van der Waals surface area (Å²) in [5.41, 5.74) is 5.93. The van der Waals surface area contributed by atoms with Crippen molar-refractivity contribution in [1.82, 2.24) is 9.97 Å². The average Bonchev–Trinajstić information content (AvgIpc) is 2.75. The molecule has 0 aliphatic carbocycles. The van der Waals surface area contributed by atoms with E-state index < -0.39 is 18.3 Å². The molecule has 1 aromatic heterocycles. The summed E-state index contributed by atoms with van der Waals surface area (Å²) in [4.78, 5) is 20.2. The van der Waals surface area contributed by atoms with Crippen molar-refractivity contribution >= 4 is 5.91 Å². The Morgan fingerprint density at radius 1 is 1.10 bits per heavy atom. The van der Waals surface area contributed by atoms with E-state index >= 15 is 0 Å². The van der Waals surface area contributed by atoms with Gasteiger partial charge in [0, 0.05) is 18.2 Å². The van der Waals surface area contributed by atoms with Gasteiger partial charge in [-0.1, -0.05) is 0 Å². The molecule has 0 fully saturated rings. The molecular formula is C22H22FN3O5. The summed E-state index contributed by atoms with van der Waals surface area (Å²) in [6, 6.07) is 13.7. The predicted octanol–water partition coefficient (Wildman–Crippen LogP) is 3.30. The molecule has 2 aromatic carbocycles. The number of amides is 1. The maximum Gasteiger partial charge on any atom is 0.267 e. The van der Waals surface area contributed by atoms with Crippen molar-refractivity contribution in [2.75, 3.05) is 6.61 Å². The van der Waals surface area contributed by atoms with Crippen molar-refractivity contribution in [3.8, 4) is 28.8 Å². The molecule has 0 radical (unpaired) electrons. The molecule has 0 bridgehead atoms. The van der Waals surface area contributed by atoms with E-state index in [2.05, 4.69) is 9.97 Å². The molecule has 0 aliphatic heterocycles. The van der Waals surface area contributed by atoms with Crippen molar-refractivity contribution < 1.29 is 28.5 Å². The van der Waals surface area contributed by atoms with Gasteiger partial charge in [0.2, 0.25) is 5.88 Å². The SMILES string of the molecule is CCOC(O)C(C)Oc1cc(C(N)=O)nc(-c2ccc(Oc3ccc(F)cc3)cc2)n1. The molecule has 2 atom stereocenters. The molecule has 9 heteroatoms. The zero-order valence-electron chi connectivity index (χ0n) is 17.0. The number of hydrogen-bond acceptors (Lipinski definition) is 7. The number of aliphatic hydroxyl groups is 1. The van der Waals surface area contributed by atoms with Crippen LogP contribution in [0.15, 0.2) is 54.6 Å². The largest absolute Gasteiger partial charge is 0.469 e. The van der Waals surface area contributed by atoms with Gasteiger partial charge in [-0.15, -0.1) is 0 Å². The standard InChI is InChI=1S/C22H22FN3O5/c1-3-29-22(28)13(2)30-19-12-18(20(24)27)25-21(26-19)14-4-8-16(9-5-14)31-17-10-6-15(23)7-11-17/h4-13,22,28H,3H2,1-2H3,(H2,24,27). The Kier molecular flexibility index (Phi) is 7.11. The van der Waals surface area contributed by atoms with Crippen LogP contribution in [0.5, 0.6) is 17.4 Å². The van der Waals surface area contributed by atoms with E-state index in [1.54, 1.807) is 38.1 Å². The van der Waals surface area contributed by atoms with E-state index in [1.165, 1.54) is 30.3 Å². The Hall–Kier alpha value is -3.56. The van der Waals surface area contributed by atoms with Crippen LogP contribution in [0.3, 0.4) is 0 Å². The van der Waals surface area contributed by atoms with Crippen molar-refractivity contribution in [2.45, 2.75) is 26.2 Å². The highest BCUT2D eigenvalue weighted by atomic mass is 19.1. The van der Waals surface area contributed by atoms with Gasteiger partial charge in [0.25, 0.3) is 5.91 Å². The second-order valence-corrected chi connectivity index (χ2v) is 6.53. The van der Waals surface area contributed by atoms with Crippen LogP contribution in [-0.4, -0.2) is 40.0 Å². The van der Waals surface area contributed by atoms with Gasteiger partial charge >= 0.3 is 0 Å². The maximum absolute atomic E-state index is 13.0. The van der Waals surface area contributed by atoms with Gasteiger partial charge in [-0.3, -0.25) is 4.79 Å². The molecule has 8 nitrogen and oxygen atoms in total. The van der Waals surface area contributed by atoms with Crippen LogP contribution in [0.25, 0.3) is 11.4 Å². The summed E-state index contributed by atoms with van der Waals surface area (Å²) >= 11 is 0. The summed E-state index contributed by atoms with van der Waals surface area (Å²) in [7, 11) is 0. The van der Waals surface area contributed by atoms with E-state index in [1.807, 2.05) is 0 Å². The normalized spacial score (nSPS) is 12.8. The molecule has 0 saturated carbocycles. The van der Waals surface area contributed by atoms with E-state index in [-0.39, 0.29) is 23.2 Å². The molecule has 162 valence electrons. The highest BCUT2D eigenvalue weighted by Gasteiger charge is 2.19. The number of hydrogen-bond donors (Lipinski definition) is 2. The van der Waals surface area contributed by atoms with E-state index in [9.17, 15) is 14.3 Å². The Balaban J connectivity index is 1.82. The minimum absolute atomic E-state index is 0.0373. The van der Waals surface area contributed by atoms with E-state index in [0.717, 1.165) is 0 Å². The first-order valence-electron chi connectivity index (χ1n) is 9.54. The summed E-state index contributed by atoms with van der Waals surface area (Å²) in [6.07, 6.45) is -1.90. The number of nitrogens with two attached hydrogens (primary N) is 1. The van der Waals surface area contributed by atoms with E-state index in [4.69, 9.17) is 19.9 Å². The fourth-order valence-electron chi connectivity index (χ4n) is 2.61. The highest BCUT2D eigenvalue weighted by Crippen LogP contribution is 2.26. The minimum Gasteiger partial charge on any atom is -0.469 e. The van der Waals surface area contributed by atoms with Gasteiger partial charge in [0.1, 0.15) is 29.1 Å². The third kappa shape index (κ3) is 5.97. The number of rotatable bonds is 9. The van der Waals surface area contributed by atoms with Crippen LogP contribution in [0.2, 0.25) is 0 Å². The van der Waals surface area contributed by atoms with Gasteiger partial charge in [0.15, 0.2) is 12.1 Å². The number of aliphatic hydroxyl groups excluding tert-OH is 1. The van der Waals surface area contributed by atoms with E-state index in [0.29, 0.717) is 23.7 Å². The van der Waals surface area contributed by atoms with Crippen LogP contribution >= 0.6 is 0 Å². The topological polar surface area (TPSA) is 117 Å². The van der Waals surface area contributed by atoms with Crippen molar-refractivity contribution in [3.05, 3.63) is 66.1 Å². The van der Waals surface area contributed by atoms with Crippen LogP contribution in [0, 0.1) is 5.82 Å². The summed E-state index contributed by atoms with van der Waals surface area (Å²) in [5, 5.41) is 9.89. The second kappa shape index (κ2) is 9.96. The molecule has 1 heterocycles. The first-order chi connectivity index (χ1) is 14.9. The van der Waals surface area contributed by atoms with Crippen LogP contribution in [0.4, 0.5) is 4.39 Å². The lowest BCUT2D eigenvalue weighted by Crippen LogP contribution is -2.31. The Morgan fingerprint density at radius 3 is 2.29 bits per heavy atom.